The molecule has 3 heterocycles. The molecule has 0 unspecified atom stereocenters. The van der Waals surface area contributed by atoms with Crippen molar-refractivity contribution in [2.75, 3.05) is 0 Å². The van der Waals surface area contributed by atoms with Crippen molar-refractivity contribution in [1.29, 1.82) is 0 Å². The predicted octanol–water partition coefficient (Wildman–Crippen LogP) is 15.6. The number of benzene rings is 9. The molecule has 0 saturated carbocycles. The van der Waals surface area contributed by atoms with Crippen LogP contribution in [0.3, 0.4) is 0 Å². The number of fused-ring (bicyclic) bond motifs is 15. The van der Waals surface area contributed by atoms with Crippen molar-refractivity contribution in [2.24, 2.45) is 0 Å². The summed E-state index contributed by atoms with van der Waals surface area (Å²) in [6.07, 6.45) is 2.36. The average Bonchev–Trinajstić information content (AvgIpc) is 3.93. The molecule has 61 heavy (non-hydrogen) atoms. The Hall–Kier alpha value is -7.10. The summed E-state index contributed by atoms with van der Waals surface area (Å²) in [6, 6.07) is 66.0. The molecule has 292 valence electrons. The minimum absolute atomic E-state index is 0.0971. The summed E-state index contributed by atoms with van der Waals surface area (Å²) in [5.74, 6) is 0. The van der Waals surface area contributed by atoms with Gasteiger partial charge in [-0.15, -0.1) is 0 Å². The molecule has 0 fully saturated rings. The van der Waals surface area contributed by atoms with Crippen molar-refractivity contribution in [3.8, 4) is 17.1 Å². The SMILES string of the molecule is CC1(C)CCC(C)(C)c2cc3c(cc21)c1cc2c4c5ccccc5c5ccccc5c4n(-c4ccc(-n5c6ccccc6c6ccccc65)cc4)c2cc1n3-c1ccccc1. The smallest absolute Gasteiger partial charge is 0.0625 e. The summed E-state index contributed by atoms with van der Waals surface area (Å²) in [4.78, 5) is 0. The van der Waals surface area contributed by atoms with E-state index in [4.69, 9.17) is 0 Å². The van der Waals surface area contributed by atoms with Gasteiger partial charge in [-0.25, -0.2) is 0 Å². The van der Waals surface area contributed by atoms with Crippen LogP contribution < -0.4 is 0 Å². The Bertz CT molecular complexity index is 3740. The van der Waals surface area contributed by atoms with Crippen molar-refractivity contribution >= 4 is 87.0 Å². The van der Waals surface area contributed by atoms with Crippen LogP contribution in [-0.2, 0) is 10.8 Å². The fraction of sp³-hybridized carbons (Fsp3) is 0.138. The van der Waals surface area contributed by atoms with E-state index in [1.165, 1.54) is 117 Å². The first kappa shape index (κ1) is 34.7. The summed E-state index contributed by atoms with van der Waals surface area (Å²) in [5.41, 5.74) is 14.0. The fourth-order valence-electron chi connectivity index (χ4n) is 11.3. The van der Waals surface area contributed by atoms with E-state index >= 15 is 0 Å². The zero-order chi connectivity index (χ0) is 40.8. The van der Waals surface area contributed by atoms with Gasteiger partial charge in [0.1, 0.15) is 0 Å². The Kier molecular flexibility index (Phi) is 6.97. The molecule has 3 aromatic heterocycles. The maximum absolute atomic E-state index is 2.57. The van der Waals surface area contributed by atoms with Gasteiger partial charge < -0.3 is 13.7 Å². The molecule has 0 N–H and O–H groups in total. The summed E-state index contributed by atoms with van der Waals surface area (Å²) in [7, 11) is 0. The Morgan fingerprint density at radius 3 is 1.38 bits per heavy atom. The first-order valence-electron chi connectivity index (χ1n) is 21.8. The van der Waals surface area contributed by atoms with Crippen LogP contribution in [0.4, 0.5) is 0 Å². The first-order valence-corrected chi connectivity index (χ1v) is 21.8. The number of rotatable bonds is 3. The van der Waals surface area contributed by atoms with Crippen molar-refractivity contribution in [2.45, 2.75) is 51.4 Å². The Labute approximate surface area is 354 Å². The minimum atomic E-state index is 0.0971. The van der Waals surface area contributed by atoms with Crippen LogP contribution >= 0.6 is 0 Å². The zero-order valence-corrected chi connectivity index (χ0v) is 35.0. The van der Waals surface area contributed by atoms with Gasteiger partial charge in [0.2, 0.25) is 0 Å². The lowest BCUT2D eigenvalue weighted by Gasteiger charge is -2.42. The highest BCUT2D eigenvalue weighted by molar-refractivity contribution is 6.33. The molecule has 0 atom stereocenters. The van der Waals surface area contributed by atoms with Gasteiger partial charge in [0.05, 0.1) is 33.1 Å². The summed E-state index contributed by atoms with van der Waals surface area (Å²) >= 11 is 0. The van der Waals surface area contributed by atoms with Gasteiger partial charge in [-0.2, -0.15) is 0 Å². The maximum atomic E-state index is 2.57. The first-order chi connectivity index (χ1) is 29.8. The molecule has 1 aliphatic rings. The Balaban J connectivity index is 1.17. The number of hydrogen-bond donors (Lipinski definition) is 0. The van der Waals surface area contributed by atoms with Gasteiger partial charge in [0, 0.05) is 54.8 Å². The molecule has 1 aliphatic carbocycles. The third-order valence-corrected chi connectivity index (χ3v) is 14.5. The van der Waals surface area contributed by atoms with Gasteiger partial charge in [-0.3, -0.25) is 0 Å². The highest BCUT2D eigenvalue weighted by atomic mass is 15.0. The van der Waals surface area contributed by atoms with Gasteiger partial charge in [0.25, 0.3) is 0 Å². The fourth-order valence-corrected chi connectivity index (χ4v) is 11.3. The Morgan fingerprint density at radius 2 is 0.738 bits per heavy atom. The standard InChI is InChI=1S/C58H45N3/c1-57(2)30-31-58(3,4)49-34-52-46(33-48(49)57)45-32-47-54(35-53(45)60(52)36-16-6-5-7-17-36)61(56-44-23-11-9-19-40(44)39-18-8-10-22-43(39)55(47)56)38-28-26-37(27-29-38)59-50-24-14-12-20-41(50)42-21-13-15-25-51(42)59/h5-29,32-35H,30-31H2,1-4H3. The molecule has 9 aromatic carbocycles. The van der Waals surface area contributed by atoms with Crippen molar-refractivity contribution < 1.29 is 0 Å². The van der Waals surface area contributed by atoms with Gasteiger partial charge in [-0.05, 0) is 124 Å². The molecule has 12 aromatic rings. The van der Waals surface area contributed by atoms with E-state index < -0.39 is 0 Å². The van der Waals surface area contributed by atoms with Crippen molar-refractivity contribution in [3.63, 3.8) is 0 Å². The number of nitrogens with zero attached hydrogens (tertiary/aromatic N) is 3. The van der Waals surface area contributed by atoms with E-state index in [0.717, 1.165) is 11.4 Å². The van der Waals surface area contributed by atoms with Crippen LogP contribution in [0.15, 0.2) is 176 Å². The molecule has 0 aliphatic heterocycles. The van der Waals surface area contributed by atoms with E-state index in [2.05, 4.69) is 217 Å². The maximum Gasteiger partial charge on any atom is 0.0625 e. The topological polar surface area (TPSA) is 14.8 Å². The van der Waals surface area contributed by atoms with Gasteiger partial charge >= 0.3 is 0 Å². The molecular weight excluding hydrogens is 739 g/mol. The second-order valence-corrected chi connectivity index (χ2v) is 18.8. The number of para-hydroxylation sites is 3. The molecule has 13 rings (SSSR count). The van der Waals surface area contributed by atoms with Crippen molar-refractivity contribution in [3.05, 3.63) is 187 Å². The lowest BCUT2D eigenvalue weighted by Crippen LogP contribution is -2.33. The normalized spacial score (nSPS) is 15.0. The summed E-state index contributed by atoms with van der Waals surface area (Å²) < 4.78 is 7.50. The van der Waals surface area contributed by atoms with E-state index in [0.29, 0.717) is 0 Å². The second kappa shape index (κ2) is 12.2. The summed E-state index contributed by atoms with van der Waals surface area (Å²) in [6.45, 7) is 9.76. The molecule has 0 amide bonds. The third kappa shape index (κ3) is 4.75. The van der Waals surface area contributed by atoms with E-state index in [-0.39, 0.29) is 10.8 Å². The van der Waals surface area contributed by atoms with Crippen LogP contribution in [-0.4, -0.2) is 13.7 Å². The van der Waals surface area contributed by atoms with Crippen LogP contribution in [0.1, 0.15) is 51.7 Å². The molecule has 0 saturated heterocycles. The van der Waals surface area contributed by atoms with Crippen molar-refractivity contribution in [1.82, 2.24) is 13.7 Å². The minimum Gasteiger partial charge on any atom is -0.309 e. The molecule has 0 radical (unpaired) electrons. The van der Waals surface area contributed by atoms with Crippen LogP contribution in [0.25, 0.3) is 104 Å². The quantitative estimate of drug-likeness (QED) is 0.159. The number of hydrogen-bond acceptors (Lipinski definition) is 0. The third-order valence-electron chi connectivity index (χ3n) is 14.5. The predicted molar refractivity (Wildman–Crippen MR) is 260 cm³/mol. The van der Waals surface area contributed by atoms with E-state index in [9.17, 15) is 0 Å². The van der Waals surface area contributed by atoms with Gasteiger partial charge in [0.15, 0.2) is 0 Å². The highest BCUT2D eigenvalue weighted by Gasteiger charge is 2.38. The molecular formula is C58H45N3. The van der Waals surface area contributed by atoms with E-state index in [1.54, 1.807) is 0 Å². The lowest BCUT2D eigenvalue weighted by atomic mass is 9.63. The second-order valence-electron chi connectivity index (χ2n) is 18.8. The molecule has 0 spiro atoms. The lowest BCUT2D eigenvalue weighted by molar-refractivity contribution is 0.332. The molecule has 3 heteroatoms. The van der Waals surface area contributed by atoms with Crippen LogP contribution in [0, 0.1) is 0 Å². The van der Waals surface area contributed by atoms with Gasteiger partial charge in [-0.1, -0.05) is 131 Å². The summed E-state index contributed by atoms with van der Waals surface area (Å²) in [5, 5.41) is 12.9. The highest BCUT2D eigenvalue weighted by Crippen LogP contribution is 2.50. The van der Waals surface area contributed by atoms with E-state index in [1.807, 2.05) is 0 Å². The Morgan fingerprint density at radius 1 is 0.311 bits per heavy atom. The number of aromatic nitrogens is 3. The largest absolute Gasteiger partial charge is 0.309 e. The molecule has 3 nitrogen and oxygen atoms in total. The molecule has 0 bridgehead atoms. The monoisotopic (exact) mass is 783 g/mol. The van der Waals surface area contributed by atoms with Crippen LogP contribution in [0.5, 0.6) is 0 Å². The van der Waals surface area contributed by atoms with Crippen LogP contribution in [0.2, 0.25) is 0 Å². The zero-order valence-electron chi connectivity index (χ0n) is 35.0. The average molecular weight is 784 g/mol.